The highest BCUT2D eigenvalue weighted by Gasteiger charge is 2.20. The van der Waals surface area contributed by atoms with Gasteiger partial charge < -0.3 is 14.6 Å². The summed E-state index contributed by atoms with van der Waals surface area (Å²) in [6.07, 6.45) is 0. The number of benzene rings is 2. The Labute approximate surface area is 99.2 Å². The van der Waals surface area contributed by atoms with Gasteiger partial charge in [0.15, 0.2) is 0 Å². The van der Waals surface area contributed by atoms with Crippen LogP contribution in [0.2, 0.25) is 0 Å². The molecule has 0 aromatic heterocycles. The molecule has 1 N–H and O–H groups in total. The molecule has 1 heterocycles. The average molecular weight is 228 g/mol. The number of aromatic hydroxyl groups is 1. The van der Waals surface area contributed by atoms with Gasteiger partial charge in [0, 0.05) is 5.56 Å². The first-order valence-electron chi connectivity index (χ1n) is 5.41. The van der Waals surface area contributed by atoms with E-state index in [-0.39, 0.29) is 5.75 Å². The number of phenolic OH excluding ortho intramolecular Hbond substituents is 1. The zero-order valence-corrected chi connectivity index (χ0v) is 9.43. The largest absolute Gasteiger partial charge is 0.507 e. The SMILES string of the molecule is COc1ccc2c(c1)COc1cccc(O)c1-2. The Morgan fingerprint density at radius 2 is 2.12 bits per heavy atom. The standard InChI is InChI=1S/C14H12O3/c1-16-10-5-6-11-9(7-10)8-17-13-4-2-3-12(15)14(11)13/h2-7,15H,8H2,1H3. The second-order valence-electron chi connectivity index (χ2n) is 3.96. The molecule has 17 heavy (non-hydrogen) atoms. The van der Waals surface area contributed by atoms with Crippen molar-refractivity contribution < 1.29 is 14.6 Å². The fourth-order valence-corrected chi connectivity index (χ4v) is 2.13. The van der Waals surface area contributed by atoms with Crippen molar-refractivity contribution in [1.29, 1.82) is 0 Å². The molecular formula is C14H12O3. The molecule has 0 spiro atoms. The Balaban J connectivity index is 2.23. The lowest BCUT2D eigenvalue weighted by molar-refractivity contribution is 0.299. The van der Waals surface area contributed by atoms with Gasteiger partial charge in [0.25, 0.3) is 0 Å². The molecule has 0 atom stereocenters. The fourth-order valence-electron chi connectivity index (χ4n) is 2.13. The maximum Gasteiger partial charge on any atom is 0.131 e. The van der Waals surface area contributed by atoms with Crippen LogP contribution in [0.15, 0.2) is 36.4 Å². The van der Waals surface area contributed by atoms with Crippen LogP contribution in [0, 0.1) is 0 Å². The predicted molar refractivity (Wildman–Crippen MR) is 64.4 cm³/mol. The van der Waals surface area contributed by atoms with Crippen LogP contribution in [0.1, 0.15) is 5.56 Å². The molecule has 1 aliphatic heterocycles. The third kappa shape index (κ3) is 1.51. The molecule has 0 radical (unpaired) electrons. The second-order valence-corrected chi connectivity index (χ2v) is 3.96. The van der Waals surface area contributed by atoms with E-state index in [1.165, 1.54) is 0 Å². The highest BCUT2D eigenvalue weighted by atomic mass is 16.5. The Morgan fingerprint density at radius 3 is 2.94 bits per heavy atom. The van der Waals surface area contributed by atoms with Crippen LogP contribution in [0.25, 0.3) is 11.1 Å². The maximum atomic E-state index is 9.92. The summed E-state index contributed by atoms with van der Waals surface area (Å²) in [6, 6.07) is 11.1. The summed E-state index contributed by atoms with van der Waals surface area (Å²) in [5.41, 5.74) is 2.79. The molecule has 3 rings (SSSR count). The van der Waals surface area contributed by atoms with Gasteiger partial charge in [0.2, 0.25) is 0 Å². The first-order chi connectivity index (χ1) is 8.29. The summed E-state index contributed by atoms with van der Waals surface area (Å²) in [7, 11) is 1.64. The first-order valence-corrected chi connectivity index (χ1v) is 5.41. The minimum Gasteiger partial charge on any atom is -0.507 e. The van der Waals surface area contributed by atoms with Crippen LogP contribution in [0.3, 0.4) is 0 Å². The maximum absolute atomic E-state index is 9.92. The van der Waals surface area contributed by atoms with Gasteiger partial charge in [-0.1, -0.05) is 12.1 Å². The molecule has 0 aliphatic carbocycles. The molecule has 0 bridgehead atoms. The minimum absolute atomic E-state index is 0.244. The normalized spacial score (nSPS) is 12.3. The third-order valence-electron chi connectivity index (χ3n) is 2.97. The van der Waals surface area contributed by atoms with Gasteiger partial charge >= 0.3 is 0 Å². The van der Waals surface area contributed by atoms with Crippen molar-refractivity contribution >= 4 is 0 Å². The van der Waals surface area contributed by atoms with E-state index in [0.29, 0.717) is 6.61 Å². The highest BCUT2D eigenvalue weighted by Crippen LogP contribution is 2.43. The Bertz CT molecular complexity index is 576. The number of rotatable bonds is 1. The number of fused-ring (bicyclic) bond motifs is 3. The van der Waals surface area contributed by atoms with Gasteiger partial charge in [-0.15, -0.1) is 0 Å². The van der Waals surface area contributed by atoms with Crippen molar-refractivity contribution in [1.82, 2.24) is 0 Å². The number of ether oxygens (including phenoxy) is 2. The van der Waals surface area contributed by atoms with Crippen LogP contribution < -0.4 is 9.47 Å². The molecule has 1 aliphatic rings. The van der Waals surface area contributed by atoms with Crippen LogP contribution >= 0.6 is 0 Å². The number of methoxy groups -OCH3 is 1. The summed E-state index contributed by atoms with van der Waals surface area (Å²) in [5, 5.41) is 9.92. The lowest BCUT2D eigenvalue weighted by atomic mass is 9.96. The number of hydrogen-bond donors (Lipinski definition) is 1. The van der Waals surface area contributed by atoms with Gasteiger partial charge in [-0.3, -0.25) is 0 Å². The van der Waals surface area contributed by atoms with E-state index in [9.17, 15) is 5.11 Å². The molecular weight excluding hydrogens is 216 g/mol. The second kappa shape index (κ2) is 3.70. The van der Waals surface area contributed by atoms with Gasteiger partial charge in [-0.05, 0) is 29.8 Å². The van der Waals surface area contributed by atoms with Crippen molar-refractivity contribution in [3.05, 3.63) is 42.0 Å². The van der Waals surface area contributed by atoms with E-state index in [1.807, 2.05) is 24.3 Å². The Morgan fingerprint density at radius 1 is 1.24 bits per heavy atom. The van der Waals surface area contributed by atoms with E-state index in [4.69, 9.17) is 9.47 Å². The predicted octanol–water partition coefficient (Wildman–Crippen LogP) is 2.96. The van der Waals surface area contributed by atoms with Crippen molar-refractivity contribution in [2.24, 2.45) is 0 Å². The summed E-state index contributed by atoms with van der Waals surface area (Å²) in [6.45, 7) is 0.503. The molecule has 0 unspecified atom stereocenters. The quantitative estimate of drug-likeness (QED) is 0.815. The molecule has 3 heteroatoms. The molecule has 2 aromatic carbocycles. The fraction of sp³-hybridized carbons (Fsp3) is 0.143. The molecule has 0 saturated heterocycles. The lowest BCUT2D eigenvalue weighted by Gasteiger charge is -2.21. The van der Waals surface area contributed by atoms with Gasteiger partial charge in [-0.25, -0.2) is 0 Å². The van der Waals surface area contributed by atoms with Crippen LogP contribution in [0.5, 0.6) is 17.2 Å². The van der Waals surface area contributed by atoms with Crippen molar-refractivity contribution in [2.75, 3.05) is 7.11 Å². The molecule has 86 valence electrons. The summed E-state index contributed by atoms with van der Waals surface area (Å²) in [4.78, 5) is 0. The smallest absolute Gasteiger partial charge is 0.131 e. The summed E-state index contributed by atoms with van der Waals surface area (Å²) < 4.78 is 10.8. The zero-order valence-electron chi connectivity index (χ0n) is 9.43. The van der Waals surface area contributed by atoms with Gasteiger partial charge in [-0.2, -0.15) is 0 Å². The van der Waals surface area contributed by atoms with Crippen molar-refractivity contribution in [3.63, 3.8) is 0 Å². The number of phenols is 1. The van der Waals surface area contributed by atoms with Crippen LogP contribution in [-0.2, 0) is 6.61 Å². The monoisotopic (exact) mass is 228 g/mol. The van der Waals surface area contributed by atoms with Crippen molar-refractivity contribution in [2.45, 2.75) is 6.61 Å². The van der Waals surface area contributed by atoms with Crippen molar-refractivity contribution in [3.8, 4) is 28.4 Å². The highest BCUT2D eigenvalue weighted by molar-refractivity contribution is 5.80. The Hall–Kier alpha value is -2.16. The number of hydrogen-bond acceptors (Lipinski definition) is 3. The topological polar surface area (TPSA) is 38.7 Å². The van der Waals surface area contributed by atoms with Crippen LogP contribution in [0.4, 0.5) is 0 Å². The van der Waals surface area contributed by atoms with Gasteiger partial charge in [0.05, 0.1) is 12.7 Å². The zero-order chi connectivity index (χ0) is 11.8. The molecule has 3 nitrogen and oxygen atoms in total. The van der Waals surface area contributed by atoms with E-state index >= 15 is 0 Å². The summed E-state index contributed by atoms with van der Waals surface area (Å²) in [5.74, 6) is 1.77. The minimum atomic E-state index is 0.244. The van der Waals surface area contributed by atoms with E-state index in [1.54, 1.807) is 19.2 Å². The third-order valence-corrected chi connectivity index (χ3v) is 2.97. The molecule has 0 saturated carbocycles. The molecule has 2 aromatic rings. The van der Waals surface area contributed by atoms with E-state index < -0.39 is 0 Å². The average Bonchev–Trinajstić information content (AvgIpc) is 2.38. The van der Waals surface area contributed by atoms with E-state index in [2.05, 4.69) is 0 Å². The summed E-state index contributed by atoms with van der Waals surface area (Å²) >= 11 is 0. The Kier molecular flexibility index (Phi) is 2.18. The van der Waals surface area contributed by atoms with Crippen LogP contribution in [-0.4, -0.2) is 12.2 Å². The van der Waals surface area contributed by atoms with E-state index in [0.717, 1.165) is 28.2 Å². The van der Waals surface area contributed by atoms with Gasteiger partial charge in [0.1, 0.15) is 23.9 Å². The molecule has 0 fully saturated rings. The molecule has 0 amide bonds. The first kappa shape index (κ1) is 10.0. The lowest BCUT2D eigenvalue weighted by Crippen LogP contribution is -2.05.